The molecule has 1 aromatic heterocycles. The molecule has 1 rings (SSSR count). The molecule has 1 heterocycles. The van der Waals surface area contributed by atoms with Crippen LogP contribution in [-0.4, -0.2) is 27.7 Å². The second-order valence-corrected chi connectivity index (χ2v) is 4.44. The number of aliphatic hydroxyl groups is 1. The smallest absolute Gasteiger partial charge is 0.132 e. The minimum Gasteiger partial charge on any atom is -0.396 e. The molecule has 17 heavy (non-hydrogen) atoms. The van der Waals surface area contributed by atoms with E-state index >= 15 is 0 Å². The SMILES string of the molecule is CCCC[C@@H](CCO)Nc1nc(C)ncc1C. The Morgan fingerprint density at radius 3 is 2.76 bits per heavy atom. The van der Waals surface area contributed by atoms with E-state index in [0.717, 1.165) is 30.0 Å². The maximum absolute atomic E-state index is 9.07. The quantitative estimate of drug-likeness (QED) is 0.764. The van der Waals surface area contributed by atoms with E-state index in [0.29, 0.717) is 6.04 Å². The van der Waals surface area contributed by atoms with Crippen LogP contribution >= 0.6 is 0 Å². The van der Waals surface area contributed by atoms with E-state index in [4.69, 9.17) is 5.11 Å². The van der Waals surface area contributed by atoms with E-state index in [2.05, 4.69) is 22.2 Å². The van der Waals surface area contributed by atoms with Gasteiger partial charge in [0.25, 0.3) is 0 Å². The molecule has 0 bridgehead atoms. The molecule has 0 radical (unpaired) electrons. The summed E-state index contributed by atoms with van der Waals surface area (Å²) >= 11 is 0. The minimum atomic E-state index is 0.213. The van der Waals surface area contributed by atoms with Crippen molar-refractivity contribution in [2.75, 3.05) is 11.9 Å². The van der Waals surface area contributed by atoms with E-state index < -0.39 is 0 Å². The first kappa shape index (κ1) is 13.9. The van der Waals surface area contributed by atoms with E-state index in [-0.39, 0.29) is 6.61 Å². The molecule has 0 amide bonds. The van der Waals surface area contributed by atoms with Crippen LogP contribution in [0.4, 0.5) is 5.82 Å². The average molecular weight is 237 g/mol. The Labute approximate surface area is 103 Å². The van der Waals surface area contributed by atoms with Crippen LogP contribution in [0.3, 0.4) is 0 Å². The lowest BCUT2D eigenvalue weighted by Crippen LogP contribution is -2.22. The van der Waals surface area contributed by atoms with Crippen molar-refractivity contribution in [1.29, 1.82) is 0 Å². The van der Waals surface area contributed by atoms with Gasteiger partial charge in [-0.1, -0.05) is 19.8 Å². The number of aromatic nitrogens is 2. The molecular formula is C13H23N3O. The Morgan fingerprint density at radius 1 is 1.35 bits per heavy atom. The van der Waals surface area contributed by atoms with Gasteiger partial charge in [0.15, 0.2) is 0 Å². The van der Waals surface area contributed by atoms with Gasteiger partial charge in [0, 0.05) is 24.4 Å². The van der Waals surface area contributed by atoms with Crippen LogP contribution in [0.15, 0.2) is 6.20 Å². The second kappa shape index (κ2) is 7.22. The largest absolute Gasteiger partial charge is 0.396 e. The van der Waals surface area contributed by atoms with Crippen molar-refractivity contribution in [3.63, 3.8) is 0 Å². The van der Waals surface area contributed by atoms with Gasteiger partial charge >= 0.3 is 0 Å². The van der Waals surface area contributed by atoms with Crippen LogP contribution < -0.4 is 5.32 Å². The number of unbranched alkanes of at least 4 members (excludes halogenated alkanes) is 1. The van der Waals surface area contributed by atoms with Gasteiger partial charge in [-0.25, -0.2) is 9.97 Å². The van der Waals surface area contributed by atoms with Gasteiger partial charge in [0.2, 0.25) is 0 Å². The molecule has 0 fully saturated rings. The van der Waals surface area contributed by atoms with E-state index in [9.17, 15) is 0 Å². The lowest BCUT2D eigenvalue weighted by Gasteiger charge is -2.19. The lowest BCUT2D eigenvalue weighted by atomic mass is 10.1. The highest BCUT2D eigenvalue weighted by Gasteiger charge is 2.10. The maximum atomic E-state index is 9.07. The Hall–Kier alpha value is -1.16. The highest BCUT2D eigenvalue weighted by molar-refractivity contribution is 5.42. The third kappa shape index (κ3) is 4.69. The fourth-order valence-corrected chi connectivity index (χ4v) is 1.76. The molecule has 1 atom stereocenters. The van der Waals surface area contributed by atoms with Crippen molar-refractivity contribution >= 4 is 5.82 Å². The van der Waals surface area contributed by atoms with Gasteiger partial charge in [-0.05, 0) is 26.7 Å². The molecule has 0 aliphatic heterocycles. The van der Waals surface area contributed by atoms with Crippen molar-refractivity contribution in [3.8, 4) is 0 Å². The zero-order valence-electron chi connectivity index (χ0n) is 11.0. The van der Waals surface area contributed by atoms with Crippen LogP contribution in [0.2, 0.25) is 0 Å². The summed E-state index contributed by atoms with van der Waals surface area (Å²) < 4.78 is 0. The first-order valence-corrected chi connectivity index (χ1v) is 6.35. The van der Waals surface area contributed by atoms with Crippen molar-refractivity contribution in [3.05, 3.63) is 17.6 Å². The molecule has 0 aromatic carbocycles. The van der Waals surface area contributed by atoms with Crippen molar-refractivity contribution in [2.45, 2.75) is 52.5 Å². The number of nitrogens with one attached hydrogen (secondary N) is 1. The van der Waals surface area contributed by atoms with Crippen molar-refractivity contribution in [1.82, 2.24) is 9.97 Å². The van der Waals surface area contributed by atoms with Gasteiger partial charge in [-0.3, -0.25) is 0 Å². The second-order valence-electron chi connectivity index (χ2n) is 4.44. The van der Waals surface area contributed by atoms with Crippen LogP contribution in [0.1, 0.15) is 44.0 Å². The molecular weight excluding hydrogens is 214 g/mol. The molecule has 0 saturated carbocycles. The van der Waals surface area contributed by atoms with Crippen molar-refractivity contribution in [2.24, 2.45) is 0 Å². The highest BCUT2D eigenvalue weighted by atomic mass is 16.3. The summed E-state index contributed by atoms with van der Waals surface area (Å²) in [5.41, 5.74) is 1.05. The summed E-state index contributed by atoms with van der Waals surface area (Å²) in [7, 11) is 0. The zero-order chi connectivity index (χ0) is 12.7. The molecule has 0 saturated heterocycles. The molecule has 0 aliphatic rings. The summed E-state index contributed by atoms with van der Waals surface area (Å²) in [6, 6.07) is 0.299. The summed E-state index contributed by atoms with van der Waals surface area (Å²) in [5, 5.41) is 12.5. The highest BCUT2D eigenvalue weighted by Crippen LogP contribution is 2.15. The summed E-state index contributed by atoms with van der Waals surface area (Å²) in [6.45, 7) is 6.27. The number of hydrogen-bond donors (Lipinski definition) is 2. The molecule has 4 nitrogen and oxygen atoms in total. The third-order valence-corrected chi connectivity index (χ3v) is 2.82. The predicted octanol–water partition coefficient (Wildman–Crippen LogP) is 2.45. The number of rotatable bonds is 7. The van der Waals surface area contributed by atoms with Crippen LogP contribution in [-0.2, 0) is 0 Å². The molecule has 4 heteroatoms. The lowest BCUT2D eigenvalue weighted by molar-refractivity contribution is 0.276. The topological polar surface area (TPSA) is 58.0 Å². The molecule has 0 unspecified atom stereocenters. The van der Waals surface area contributed by atoms with Gasteiger partial charge in [0.1, 0.15) is 11.6 Å². The average Bonchev–Trinajstić information content (AvgIpc) is 2.31. The monoisotopic (exact) mass is 237 g/mol. The zero-order valence-corrected chi connectivity index (χ0v) is 11.0. The Morgan fingerprint density at radius 2 is 2.12 bits per heavy atom. The summed E-state index contributed by atoms with van der Waals surface area (Å²) in [5.74, 6) is 1.67. The van der Waals surface area contributed by atoms with Crippen LogP contribution in [0, 0.1) is 13.8 Å². The Bertz CT molecular complexity index is 341. The molecule has 96 valence electrons. The number of aliphatic hydroxyl groups excluding tert-OH is 1. The van der Waals surface area contributed by atoms with E-state index in [1.807, 2.05) is 20.0 Å². The molecule has 1 aromatic rings. The normalized spacial score (nSPS) is 12.5. The molecule has 0 spiro atoms. The van der Waals surface area contributed by atoms with E-state index in [1.54, 1.807) is 0 Å². The third-order valence-electron chi connectivity index (χ3n) is 2.82. The Balaban J connectivity index is 2.67. The number of aryl methyl sites for hydroxylation is 2. The van der Waals surface area contributed by atoms with E-state index in [1.165, 1.54) is 12.8 Å². The predicted molar refractivity (Wildman–Crippen MR) is 70.1 cm³/mol. The summed E-state index contributed by atoms with van der Waals surface area (Å²) in [6.07, 6.45) is 6.01. The van der Waals surface area contributed by atoms with Gasteiger partial charge in [-0.2, -0.15) is 0 Å². The van der Waals surface area contributed by atoms with Crippen molar-refractivity contribution < 1.29 is 5.11 Å². The van der Waals surface area contributed by atoms with Gasteiger partial charge < -0.3 is 10.4 Å². The maximum Gasteiger partial charge on any atom is 0.132 e. The molecule has 0 aliphatic carbocycles. The first-order valence-electron chi connectivity index (χ1n) is 6.35. The summed E-state index contributed by atoms with van der Waals surface area (Å²) in [4.78, 5) is 8.55. The van der Waals surface area contributed by atoms with Crippen LogP contribution in [0.25, 0.3) is 0 Å². The van der Waals surface area contributed by atoms with Crippen LogP contribution in [0.5, 0.6) is 0 Å². The Kier molecular flexibility index (Phi) is 5.91. The fraction of sp³-hybridized carbons (Fsp3) is 0.692. The fourth-order valence-electron chi connectivity index (χ4n) is 1.76. The minimum absolute atomic E-state index is 0.213. The van der Waals surface area contributed by atoms with Gasteiger partial charge in [-0.15, -0.1) is 0 Å². The van der Waals surface area contributed by atoms with Gasteiger partial charge in [0.05, 0.1) is 0 Å². The molecule has 2 N–H and O–H groups in total. The number of anilines is 1. The standard InChI is InChI=1S/C13H23N3O/c1-4-5-6-12(7-8-17)16-13-10(2)9-14-11(3)15-13/h9,12,17H,4-8H2,1-3H3,(H,14,15,16)/t12-/m0/s1. The number of hydrogen-bond acceptors (Lipinski definition) is 4. The first-order chi connectivity index (χ1) is 8.17. The number of nitrogens with zero attached hydrogens (tertiary/aromatic N) is 2.